The number of aliphatic hydroxyl groups is 1. The first-order valence-electron chi connectivity index (χ1n) is 17.0. The Bertz CT molecular complexity index is 998. The molecule has 0 heterocycles. The average Bonchev–Trinajstić information content (AvgIpc) is 3.16. The highest BCUT2D eigenvalue weighted by Gasteiger charge is 2.65. The van der Waals surface area contributed by atoms with Gasteiger partial charge in [0.2, 0.25) is 0 Å². The Labute approximate surface area is 257 Å². The van der Waals surface area contributed by atoms with Crippen LogP contribution in [0.3, 0.4) is 0 Å². The lowest BCUT2D eigenvalue weighted by molar-refractivity contribution is -0.174. The van der Waals surface area contributed by atoms with Crippen LogP contribution >= 0.6 is 0 Å². The van der Waals surface area contributed by atoms with Crippen LogP contribution in [0.15, 0.2) is 0 Å². The number of fused-ring (bicyclic) bond motifs is 5. The predicted octanol–water partition coefficient (Wildman–Crippen LogP) is 9.81. The first-order valence-corrected chi connectivity index (χ1v) is 22.8. The molecule has 0 radical (unpaired) electrons. The molecule has 4 aliphatic carbocycles. The van der Waals surface area contributed by atoms with Crippen molar-refractivity contribution in [1.29, 1.82) is 0 Å². The standard InChI is InChI=1S/C36H66O3Si2/c1-15-20-36(10,37)31-17-16-27-26-24-30(39-41(13,14)33(5,6)7)29-23-25(38-40(11,12)32(2,3)4)18-21-34(29,8)28(26)19-22-35(27,31)9/h1,25-31,37H,16-24H2,2-14H3/t25-,26-,27-,28-,29+,30-,31-,34+,35-,36-/m0/s1. The number of rotatable bonds is 6. The van der Waals surface area contributed by atoms with Crippen LogP contribution in [-0.2, 0) is 8.85 Å². The molecule has 0 aromatic rings. The molecule has 0 spiro atoms. The van der Waals surface area contributed by atoms with E-state index in [1.807, 2.05) is 6.92 Å². The average molecular weight is 603 g/mol. The van der Waals surface area contributed by atoms with Crippen LogP contribution in [0.2, 0.25) is 36.3 Å². The summed E-state index contributed by atoms with van der Waals surface area (Å²) in [5.41, 5.74) is -0.318. The maximum absolute atomic E-state index is 11.6. The molecule has 0 saturated heterocycles. The minimum atomic E-state index is -1.96. The van der Waals surface area contributed by atoms with E-state index in [-0.39, 0.29) is 21.4 Å². The molecule has 0 unspecified atom stereocenters. The van der Waals surface area contributed by atoms with Gasteiger partial charge in [-0.15, -0.1) is 12.3 Å². The highest BCUT2D eigenvalue weighted by atomic mass is 28.4. The third kappa shape index (κ3) is 5.85. The van der Waals surface area contributed by atoms with Crippen molar-refractivity contribution in [3.05, 3.63) is 0 Å². The van der Waals surface area contributed by atoms with Crippen molar-refractivity contribution in [3.8, 4) is 12.3 Å². The van der Waals surface area contributed by atoms with Crippen LogP contribution in [-0.4, -0.2) is 39.6 Å². The van der Waals surface area contributed by atoms with Crippen LogP contribution in [0.4, 0.5) is 0 Å². The van der Waals surface area contributed by atoms with Gasteiger partial charge in [-0.1, -0.05) is 55.4 Å². The molecule has 41 heavy (non-hydrogen) atoms. The minimum Gasteiger partial charge on any atom is -0.414 e. The third-order valence-electron chi connectivity index (χ3n) is 14.3. The molecule has 4 aliphatic rings. The smallest absolute Gasteiger partial charge is 0.192 e. The Morgan fingerprint density at radius 2 is 1.29 bits per heavy atom. The topological polar surface area (TPSA) is 38.7 Å². The maximum Gasteiger partial charge on any atom is 0.192 e. The molecule has 4 fully saturated rings. The van der Waals surface area contributed by atoms with Crippen molar-refractivity contribution in [3.63, 3.8) is 0 Å². The van der Waals surface area contributed by atoms with E-state index < -0.39 is 22.2 Å². The van der Waals surface area contributed by atoms with E-state index in [9.17, 15) is 5.11 Å². The minimum absolute atomic E-state index is 0.162. The highest BCUT2D eigenvalue weighted by Crippen LogP contribution is 2.69. The van der Waals surface area contributed by atoms with Gasteiger partial charge in [-0.2, -0.15) is 0 Å². The fourth-order valence-electron chi connectivity index (χ4n) is 9.97. The van der Waals surface area contributed by atoms with E-state index in [2.05, 4.69) is 87.5 Å². The molecule has 0 amide bonds. The molecule has 0 bridgehead atoms. The lowest BCUT2D eigenvalue weighted by Crippen LogP contribution is -2.61. The van der Waals surface area contributed by atoms with Crippen LogP contribution in [0.1, 0.15) is 120 Å². The van der Waals surface area contributed by atoms with Crippen LogP contribution in [0, 0.1) is 52.8 Å². The van der Waals surface area contributed by atoms with Gasteiger partial charge in [-0.05, 0) is 135 Å². The largest absolute Gasteiger partial charge is 0.414 e. The van der Waals surface area contributed by atoms with Gasteiger partial charge in [-0.25, -0.2) is 0 Å². The van der Waals surface area contributed by atoms with Gasteiger partial charge in [-0.3, -0.25) is 0 Å². The van der Waals surface area contributed by atoms with E-state index in [1.165, 1.54) is 38.5 Å². The van der Waals surface area contributed by atoms with Crippen LogP contribution in [0.5, 0.6) is 0 Å². The van der Waals surface area contributed by atoms with Gasteiger partial charge in [0.05, 0.1) is 5.60 Å². The summed E-state index contributed by atoms with van der Waals surface area (Å²) in [4.78, 5) is 0. The zero-order valence-corrected chi connectivity index (χ0v) is 31.2. The fourth-order valence-corrected chi connectivity index (χ4v) is 12.7. The number of hydrogen-bond acceptors (Lipinski definition) is 3. The molecule has 3 nitrogen and oxygen atoms in total. The van der Waals surface area contributed by atoms with Crippen molar-refractivity contribution < 1.29 is 14.0 Å². The second-order valence-corrected chi connectivity index (χ2v) is 28.3. The van der Waals surface area contributed by atoms with Crippen molar-refractivity contribution in [1.82, 2.24) is 0 Å². The summed E-state index contributed by atoms with van der Waals surface area (Å²) in [6.07, 6.45) is 16.5. The van der Waals surface area contributed by atoms with Crippen LogP contribution < -0.4 is 0 Å². The molecule has 4 saturated carbocycles. The zero-order valence-electron chi connectivity index (χ0n) is 29.2. The summed E-state index contributed by atoms with van der Waals surface area (Å²) >= 11 is 0. The third-order valence-corrected chi connectivity index (χ3v) is 23.4. The Morgan fingerprint density at radius 3 is 1.85 bits per heavy atom. The van der Waals surface area contributed by atoms with E-state index in [1.54, 1.807) is 0 Å². The Hall–Kier alpha value is -0.126. The lowest BCUT2D eigenvalue weighted by Gasteiger charge is -2.64. The molecule has 10 atom stereocenters. The van der Waals surface area contributed by atoms with E-state index >= 15 is 0 Å². The SMILES string of the molecule is C#CC[C@](C)(O)[C@H]1CC[C@H]2[C@@H]3C[C@H](O[Si](C)(C)C(C)(C)C)[C@H]4C[C@@H](O[Si](C)(C)C(C)(C)C)CC[C@]4(C)[C@H]3CC[C@@]21C. The summed E-state index contributed by atoms with van der Waals surface area (Å²) in [6.45, 7) is 31.2. The van der Waals surface area contributed by atoms with E-state index in [0.29, 0.717) is 41.8 Å². The molecule has 0 aromatic carbocycles. The second-order valence-electron chi connectivity index (χ2n) is 18.8. The monoisotopic (exact) mass is 602 g/mol. The Morgan fingerprint density at radius 1 is 0.756 bits per heavy atom. The molecule has 1 N–H and O–H groups in total. The Balaban J connectivity index is 1.68. The van der Waals surface area contributed by atoms with Gasteiger partial charge in [0.15, 0.2) is 16.6 Å². The molecule has 0 aliphatic heterocycles. The van der Waals surface area contributed by atoms with E-state index in [4.69, 9.17) is 15.3 Å². The zero-order chi connectivity index (χ0) is 31.0. The van der Waals surface area contributed by atoms with Gasteiger partial charge < -0.3 is 14.0 Å². The molecular formula is C36H66O3Si2. The summed E-state index contributed by atoms with van der Waals surface area (Å²) < 4.78 is 14.6. The first-order chi connectivity index (χ1) is 18.5. The van der Waals surface area contributed by atoms with Crippen molar-refractivity contribution in [2.24, 2.45) is 40.4 Å². The van der Waals surface area contributed by atoms with E-state index in [0.717, 1.165) is 18.8 Å². The first kappa shape index (κ1) is 33.8. The second kappa shape index (κ2) is 10.7. The lowest BCUT2D eigenvalue weighted by atomic mass is 9.43. The quantitative estimate of drug-likeness (QED) is 0.243. The number of terminal acetylenes is 1. The van der Waals surface area contributed by atoms with Gasteiger partial charge in [0.25, 0.3) is 0 Å². The Kier molecular flexibility index (Phi) is 8.85. The molecule has 236 valence electrons. The fraction of sp³-hybridized carbons (Fsp3) is 0.944. The summed E-state index contributed by atoms with van der Waals surface area (Å²) in [5.74, 6) is 5.72. The molecular weight excluding hydrogens is 537 g/mol. The normalized spacial score (nSPS) is 41.5. The van der Waals surface area contributed by atoms with Crippen molar-refractivity contribution >= 4 is 16.6 Å². The molecule has 4 rings (SSSR count). The van der Waals surface area contributed by atoms with Crippen LogP contribution in [0.25, 0.3) is 0 Å². The van der Waals surface area contributed by atoms with Crippen molar-refractivity contribution in [2.45, 2.75) is 174 Å². The van der Waals surface area contributed by atoms with Gasteiger partial charge >= 0.3 is 0 Å². The van der Waals surface area contributed by atoms with Gasteiger partial charge in [0.1, 0.15) is 0 Å². The molecule has 0 aromatic heterocycles. The highest BCUT2D eigenvalue weighted by molar-refractivity contribution is 6.74. The predicted molar refractivity (Wildman–Crippen MR) is 179 cm³/mol. The van der Waals surface area contributed by atoms with Crippen molar-refractivity contribution in [2.75, 3.05) is 0 Å². The summed E-state index contributed by atoms with van der Waals surface area (Å²) in [6, 6.07) is 0. The summed E-state index contributed by atoms with van der Waals surface area (Å²) in [5, 5.41) is 12.0. The number of hydrogen-bond donors (Lipinski definition) is 1. The molecule has 5 heteroatoms. The van der Waals surface area contributed by atoms with Gasteiger partial charge in [0, 0.05) is 18.6 Å². The maximum atomic E-state index is 11.6. The summed E-state index contributed by atoms with van der Waals surface area (Å²) in [7, 11) is -3.79.